The van der Waals surface area contributed by atoms with Crippen molar-refractivity contribution in [3.8, 4) is 0 Å². The third kappa shape index (κ3) is 2.22. The van der Waals surface area contributed by atoms with Gasteiger partial charge in [0.25, 0.3) is 0 Å². The van der Waals surface area contributed by atoms with Crippen molar-refractivity contribution in [2.45, 2.75) is 31.8 Å². The first kappa shape index (κ1) is 14.1. The summed E-state index contributed by atoms with van der Waals surface area (Å²) in [7, 11) is 0. The van der Waals surface area contributed by atoms with E-state index in [0.717, 1.165) is 12.8 Å². The van der Waals surface area contributed by atoms with Crippen LogP contribution in [0.3, 0.4) is 0 Å². The lowest BCUT2D eigenvalue weighted by atomic mass is 9.94. The zero-order valence-corrected chi connectivity index (χ0v) is 13.4. The van der Waals surface area contributed by atoms with Gasteiger partial charge >= 0.3 is 0 Å². The molecule has 0 bridgehead atoms. The van der Waals surface area contributed by atoms with Crippen LogP contribution in [-0.4, -0.2) is 21.2 Å². The topological polar surface area (TPSA) is 29.5 Å². The van der Waals surface area contributed by atoms with Gasteiger partial charge in [0.2, 0.25) is 11.3 Å². The predicted octanol–water partition coefficient (Wildman–Crippen LogP) is 3.17. The Hall–Kier alpha value is -1.49. The highest BCUT2D eigenvalue weighted by molar-refractivity contribution is 7.78. The maximum atomic E-state index is 12.4. The smallest absolute Gasteiger partial charge is 0.238 e. The Labute approximate surface area is 133 Å². The van der Waals surface area contributed by atoms with Crippen LogP contribution in [0.1, 0.15) is 35.2 Å². The van der Waals surface area contributed by atoms with Gasteiger partial charge in [-0.15, -0.1) is 0 Å². The van der Waals surface area contributed by atoms with Gasteiger partial charge in [-0.3, -0.25) is 4.18 Å². The van der Waals surface area contributed by atoms with Crippen LogP contribution < -0.4 is 0 Å². The molecule has 0 N–H and O–H groups in total. The molecular weight excluding hydrogens is 294 g/mol. The van der Waals surface area contributed by atoms with E-state index in [1.54, 1.807) is 0 Å². The summed E-state index contributed by atoms with van der Waals surface area (Å²) in [6.45, 7) is 2.61. The summed E-state index contributed by atoms with van der Waals surface area (Å²) in [5.41, 5.74) is 5.22. The number of nitrogens with zero attached hydrogens (tertiary/aromatic N) is 1. The molecule has 0 saturated carbocycles. The van der Waals surface area contributed by atoms with E-state index in [1.165, 1.54) is 22.3 Å². The fourth-order valence-electron chi connectivity index (χ4n) is 3.55. The molecule has 1 saturated heterocycles. The molecule has 1 heterocycles. The second-order valence-electron chi connectivity index (χ2n) is 6.01. The van der Waals surface area contributed by atoms with Crippen molar-refractivity contribution in [2.24, 2.45) is 0 Å². The standard InChI is InChI=1S/C18H19NO2S/c1-13-12-21-22(20)19(13)18-16-8-4-2-6-14(16)10-11-15-7-3-5-9-17(15)18/h2-9,13,18H,10-12H2,1H3/t13-,22?/m0/s1. The minimum Gasteiger partial charge on any atom is -0.276 e. The van der Waals surface area contributed by atoms with Gasteiger partial charge in [0.05, 0.1) is 12.6 Å². The van der Waals surface area contributed by atoms with Crippen LogP contribution in [0, 0.1) is 0 Å². The van der Waals surface area contributed by atoms with E-state index in [2.05, 4.69) is 55.5 Å². The summed E-state index contributed by atoms with van der Waals surface area (Å²) in [5.74, 6) is 0. The molecule has 1 aliphatic carbocycles. The molecule has 1 fully saturated rings. The van der Waals surface area contributed by atoms with Gasteiger partial charge in [-0.25, -0.2) is 4.21 Å². The molecule has 2 aromatic rings. The summed E-state index contributed by atoms with van der Waals surface area (Å²) in [6, 6.07) is 17.2. The lowest BCUT2D eigenvalue weighted by Gasteiger charge is -2.30. The molecule has 114 valence electrons. The lowest BCUT2D eigenvalue weighted by molar-refractivity contribution is 0.302. The molecule has 4 heteroatoms. The molecule has 4 rings (SSSR count). The van der Waals surface area contributed by atoms with Crippen LogP contribution in [0.15, 0.2) is 48.5 Å². The summed E-state index contributed by atoms with van der Waals surface area (Å²) in [5, 5.41) is 0. The van der Waals surface area contributed by atoms with Gasteiger partial charge in [0, 0.05) is 6.04 Å². The minimum absolute atomic E-state index is 0.00762. The SMILES string of the molecule is C[C@H]1COS(=O)N1C1c2ccccc2CCc2ccccc21. The third-order valence-corrected chi connectivity index (χ3v) is 5.89. The van der Waals surface area contributed by atoms with Crippen LogP contribution in [0.5, 0.6) is 0 Å². The number of benzene rings is 2. The van der Waals surface area contributed by atoms with Gasteiger partial charge < -0.3 is 0 Å². The lowest BCUT2D eigenvalue weighted by Crippen LogP contribution is -2.34. The zero-order chi connectivity index (χ0) is 15.1. The maximum Gasteiger partial charge on any atom is 0.238 e. The monoisotopic (exact) mass is 313 g/mol. The zero-order valence-electron chi connectivity index (χ0n) is 12.6. The fraction of sp³-hybridized carbons (Fsp3) is 0.333. The number of fused-ring (bicyclic) bond motifs is 2. The Morgan fingerprint density at radius 3 is 2.05 bits per heavy atom. The normalized spacial score (nSPS) is 25.5. The highest BCUT2D eigenvalue weighted by Crippen LogP contribution is 2.40. The first-order chi connectivity index (χ1) is 10.8. The Kier molecular flexibility index (Phi) is 3.60. The van der Waals surface area contributed by atoms with Crippen LogP contribution in [0.2, 0.25) is 0 Å². The van der Waals surface area contributed by atoms with Crippen molar-refractivity contribution in [1.82, 2.24) is 4.31 Å². The first-order valence-electron chi connectivity index (χ1n) is 7.75. The van der Waals surface area contributed by atoms with E-state index in [4.69, 9.17) is 4.18 Å². The summed E-state index contributed by atoms with van der Waals surface area (Å²) < 4.78 is 19.8. The number of hydrogen-bond acceptors (Lipinski definition) is 2. The van der Waals surface area contributed by atoms with Gasteiger partial charge in [0.1, 0.15) is 0 Å². The average molecular weight is 313 g/mol. The van der Waals surface area contributed by atoms with Gasteiger partial charge in [-0.2, -0.15) is 4.31 Å². The summed E-state index contributed by atoms with van der Waals surface area (Å²) in [6.07, 6.45) is 2.05. The van der Waals surface area contributed by atoms with Crippen LogP contribution in [-0.2, 0) is 28.3 Å². The molecule has 0 aromatic heterocycles. The van der Waals surface area contributed by atoms with Gasteiger partial charge in [-0.05, 0) is 42.0 Å². The molecule has 0 radical (unpaired) electrons. The number of rotatable bonds is 1. The Morgan fingerprint density at radius 1 is 1.00 bits per heavy atom. The molecule has 22 heavy (non-hydrogen) atoms. The predicted molar refractivity (Wildman–Crippen MR) is 87.5 cm³/mol. The van der Waals surface area contributed by atoms with E-state index in [9.17, 15) is 4.21 Å². The van der Waals surface area contributed by atoms with Crippen LogP contribution in [0.4, 0.5) is 0 Å². The fourth-order valence-corrected chi connectivity index (χ4v) is 4.74. The largest absolute Gasteiger partial charge is 0.276 e. The average Bonchev–Trinajstić information content (AvgIpc) is 2.79. The minimum atomic E-state index is -1.38. The van der Waals surface area contributed by atoms with Gasteiger partial charge in [0.15, 0.2) is 0 Å². The molecular formula is C18H19NO2S. The Bertz CT molecular complexity index is 683. The van der Waals surface area contributed by atoms with E-state index < -0.39 is 11.3 Å². The van der Waals surface area contributed by atoms with E-state index >= 15 is 0 Å². The molecule has 2 atom stereocenters. The number of hydrogen-bond donors (Lipinski definition) is 0. The molecule has 2 aromatic carbocycles. The van der Waals surface area contributed by atoms with Crippen molar-refractivity contribution in [3.05, 3.63) is 70.8 Å². The van der Waals surface area contributed by atoms with Crippen LogP contribution in [0.25, 0.3) is 0 Å². The Morgan fingerprint density at radius 2 is 1.55 bits per heavy atom. The van der Waals surface area contributed by atoms with Crippen LogP contribution >= 0.6 is 0 Å². The molecule has 1 unspecified atom stereocenters. The van der Waals surface area contributed by atoms with E-state index in [0.29, 0.717) is 6.61 Å². The molecule has 3 nitrogen and oxygen atoms in total. The van der Waals surface area contributed by atoms with Gasteiger partial charge in [-0.1, -0.05) is 48.5 Å². The number of aryl methyl sites for hydroxylation is 2. The van der Waals surface area contributed by atoms with E-state index in [-0.39, 0.29) is 12.1 Å². The highest BCUT2D eigenvalue weighted by Gasteiger charge is 2.39. The second kappa shape index (κ2) is 5.61. The Balaban J connectivity index is 1.93. The van der Waals surface area contributed by atoms with Crippen molar-refractivity contribution in [2.75, 3.05) is 6.61 Å². The quantitative estimate of drug-likeness (QED) is 0.809. The second-order valence-corrected chi connectivity index (χ2v) is 7.10. The summed E-state index contributed by atoms with van der Waals surface area (Å²) >= 11 is -1.38. The molecule has 2 aliphatic rings. The van der Waals surface area contributed by atoms with Crippen molar-refractivity contribution in [1.29, 1.82) is 0 Å². The molecule has 0 amide bonds. The third-order valence-electron chi connectivity index (χ3n) is 4.63. The summed E-state index contributed by atoms with van der Waals surface area (Å²) in [4.78, 5) is 0. The molecule has 0 spiro atoms. The van der Waals surface area contributed by atoms with Crippen molar-refractivity contribution in [3.63, 3.8) is 0 Å². The molecule has 1 aliphatic heterocycles. The van der Waals surface area contributed by atoms with Crippen molar-refractivity contribution < 1.29 is 8.39 Å². The van der Waals surface area contributed by atoms with Crippen molar-refractivity contribution >= 4 is 11.3 Å². The first-order valence-corrected chi connectivity index (χ1v) is 8.78. The van der Waals surface area contributed by atoms with E-state index in [1.807, 2.05) is 4.31 Å². The maximum absolute atomic E-state index is 12.4. The highest BCUT2D eigenvalue weighted by atomic mass is 32.2.